The second-order valence-corrected chi connectivity index (χ2v) is 5.36. The molecule has 1 aromatic carbocycles. The molecule has 8 nitrogen and oxygen atoms in total. The lowest BCUT2D eigenvalue weighted by molar-refractivity contribution is -0.385. The van der Waals surface area contributed by atoms with E-state index in [0.717, 1.165) is 11.1 Å². The van der Waals surface area contributed by atoms with Gasteiger partial charge in [-0.05, 0) is 44.0 Å². The Morgan fingerprint density at radius 1 is 1.26 bits per heavy atom. The van der Waals surface area contributed by atoms with E-state index in [1.165, 1.54) is 22.6 Å². The standard InChI is InChI=1S/C15H15N5O3/c1-9-4-5-12(6-10(9)2)15-18-17-14(23-15)11(3)19-8-13(7-16-19)20(21)22/h4-8,11H,1-3H3/t11-/m1/s1. The minimum absolute atomic E-state index is 0.0780. The molecule has 0 aliphatic rings. The summed E-state index contributed by atoms with van der Waals surface area (Å²) in [6, 6.07) is 5.50. The molecule has 0 spiro atoms. The number of nitrogens with zero attached hydrogens (tertiary/aromatic N) is 5. The first kappa shape index (κ1) is 14.9. The molecule has 2 heterocycles. The van der Waals surface area contributed by atoms with Crippen molar-refractivity contribution in [2.75, 3.05) is 0 Å². The van der Waals surface area contributed by atoms with Crippen LogP contribution >= 0.6 is 0 Å². The van der Waals surface area contributed by atoms with Gasteiger partial charge in [-0.15, -0.1) is 10.2 Å². The van der Waals surface area contributed by atoms with E-state index in [1.54, 1.807) is 6.92 Å². The molecule has 8 heteroatoms. The van der Waals surface area contributed by atoms with Crippen molar-refractivity contribution in [3.63, 3.8) is 0 Å². The number of aryl methyl sites for hydroxylation is 2. The molecular weight excluding hydrogens is 298 g/mol. The van der Waals surface area contributed by atoms with Crippen LogP contribution in [0.2, 0.25) is 0 Å². The fourth-order valence-corrected chi connectivity index (χ4v) is 2.14. The van der Waals surface area contributed by atoms with E-state index < -0.39 is 11.0 Å². The second-order valence-electron chi connectivity index (χ2n) is 5.36. The van der Waals surface area contributed by atoms with Crippen molar-refractivity contribution in [1.82, 2.24) is 20.0 Å². The van der Waals surface area contributed by atoms with Gasteiger partial charge in [-0.3, -0.25) is 14.8 Å². The van der Waals surface area contributed by atoms with Gasteiger partial charge in [0.05, 0.1) is 4.92 Å². The van der Waals surface area contributed by atoms with Crippen LogP contribution in [0.4, 0.5) is 5.69 Å². The van der Waals surface area contributed by atoms with Gasteiger partial charge in [0.15, 0.2) is 0 Å². The molecule has 3 aromatic rings. The van der Waals surface area contributed by atoms with Crippen molar-refractivity contribution >= 4 is 5.69 Å². The lowest BCUT2D eigenvalue weighted by Gasteiger charge is -2.06. The topological polar surface area (TPSA) is 99.9 Å². The molecular formula is C15H15N5O3. The summed E-state index contributed by atoms with van der Waals surface area (Å²) in [5, 5.41) is 22.8. The minimum atomic E-state index is -0.495. The monoisotopic (exact) mass is 313 g/mol. The number of rotatable bonds is 4. The Kier molecular flexibility index (Phi) is 3.65. The van der Waals surface area contributed by atoms with Crippen LogP contribution in [0.3, 0.4) is 0 Å². The van der Waals surface area contributed by atoms with E-state index in [2.05, 4.69) is 15.3 Å². The molecule has 0 N–H and O–H groups in total. The molecule has 23 heavy (non-hydrogen) atoms. The highest BCUT2D eigenvalue weighted by atomic mass is 16.6. The fraction of sp³-hybridized carbons (Fsp3) is 0.267. The summed E-state index contributed by atoms with van der Waals surface area (Å²) in [5.41, 5.74) is 3.08. The Bertz CT molecular complexity index is 868. The zero-order chi connectivity index (χ0) is 16.6. The van der Waals surface area contributed by atoms with Crippen molar-refractivity contribution in [3.05, 3.63) is 57.7 Å². The normalized spacial score (nSPS) is 12.3. The van der Waals surface area contributed by atoms with Crippen molar-refractivity contribution in [2.45, 2.75) is 26.8 Å². The van der Waals surface area contributed by atoms with Gasteiger partial charge < -0.3 is 4.42 Å². The predicted molar refractivity (Wildman–Crippen MR) is 81.9 cm³/mol. The van der Waals surface area contributed by atoms with Gasteiger partial charge in [0, 0.05) is 5.56 Å². The van der Waals surface area contributed by atoms with Gasteiger partial charge in [-0.25, -0.2) is 0 Å². The maximum absolute atomic E-state index is 10.7. The summed E-state index contributed by atoms with van der Waals surface area (Å²) in [5.74, 6) is 0.757. The molecule has 0 saturated carbocycles. The maximum Gasteiger partial charge on any atom is 0.307 e. The minimum Gasteiger partial charge on any atom is -0.418 e. The van der Waals surface area contributed by atoms with Crippen LogP contribution in [0.1, 0.15) is 30.0 Å². The highest BCUT2D eigenvalue weighted by Crippen LogP contribution is 2.24. The zero-order valence-electron chi connectivity index (χ0n) is 12.9. The molecule has 0 unspecified atom stereocenters. The van der Waals surface area contributed by atoms with Crippen molar-refractivity contribution < 1.29 is 9.34 Å². The Morgan fingerprint density at radius 2 is 2.04 bits per heavy atom. The van der Waals surface area contributed by atoms with Crippen molar-refractivity contribution in [3.8, 4) is 11.5 Å². The van der Waals surface area contributed by atoms with Gasteiger partial charge >= 0.3 is 5.69 Å². The quantitative estimate of drug-likeness (QED) is 0.542. The van der Waals surface area contributed by atoms with E-state index in [4.69, 9.17) is 4.42 Å². The number of aromatic nitrogens is 4. The highest BCUT2D eigenvalue weighted by Gasteiger charge is 2.20. The predicted octanol–water partition coefficient (Wildman–Crippen LogP) is 3.07. The van der Waals surface area contributed by atoms with Gasteiger partial charge in [0.25, 0.3) is 0 Å². The zero-order valence-corrected chi connectivity index (χ0v) is 12.9. The average Bonchev–Trinajstić information content (AvgIpc) is 3.18. The molecule has 0 aliphatic heterocycles. The van der Waals surface area contributed by atoms with Crippen molar-refractivity contribution in [2.24, 2.45) is 0 Å². The van der Waals surface area contributed by atoms with Crippen LogP contribution in [-0.4, -0.2) is 24.9 Å². The summed E-state index contributed by atoms with van der Waals surface area (Å²) >= 11 is 0. The third-order valence-electron chi connectivity index (χ3n) is 3.75. The summed E-state index contributed by atoms with van der Waals surface area (Å²) in [4.78, 5) is 10.2. The Labute approximate surface area is 131 Å². The fourth-order valence-electron chi connectivity index (χ4n) is 2.14. The van der Waals surface area contributed by atoms with Gasteiger partial charge in [0.1, 0.15) is 18.4 Å². The number of benzene rings is 1. The maximum atomic E-state index is 10.7. The Hall–Kier alpha value is -3.03. The van der Waals surface area contributed by atoms with Crippen LogP contribution in [0.5, 0.6) is 0 Å². The summed E-state index contributed by atoms with van der Waals surface area (Å²) in [7, 11) is 0. The van der Waals surface area contributed by atoms with E-state index in [0.29, 0.717) is 11.8 Å². The first-order valence-corrected chi connectivity index (χ1v) is 7.05. The van der Waals surface area contributed by atoms with Crippen LogP contribution < -0.4 is 0 Å². The SMILES string of the molecule is Cc1ccc(-c2nnc([C@@H](C)n3cc([N+](=O)[O-])cn3)o2)cc1C. The summed E-state index contributed by atoms with van der Waals surface area (Å²) < 4.78 is 7.12. The summed E-state index contributed by atoms with van der Waals surface area (Å²) in [6.07, 6.45) is 2.53. The lowest BCUT2D eigenvalue weighted by Crippen LogP contribution is -2.07. The van der Waals surface area contributed by atoms with Gasteiger partial charge in [-0.1, -0.05) is 6.07 Å². The van der Waals surface area contributed by atoms with Crippen LogP contribution in [0, 0.1) is 24.0 Å². The molecule has 0 bridgehead atoms. The molecule has 0 saturated heterocycles. The molecule has 0 fully saturated rings. The number of hydrogen-bond acceptors (Lipinski definition) is 6. The van der Waals surface area contributed by atoms with Crippen LogP contribution in [-0.2, 0) is 0 Å². The van der Waals surface area contributed by atoms with E-state index >= 15 is 0 Å². The molecule has 0 aliphatic carbocycles. The van der Waals surface area contributed by atoms with E-state index in [-0.39, 0.29) is 5.69 Å². The van der Waals surface area contributed by atoms with E-state index in [1.807, 2.05) is 32.0 Å². The second kappa shape index (κ2) is 5.64. The van der Waals surface area contributed by atoms with E-state index in [9.17, 15) is 10.1 Å². The number of nitro groups is 1. The number of hydrogen-bond donors (Lipinski definition) is 0. The smallest absolute Gasteiger partial charge is 0.307 e. The van der Waals surface area contributed by atoms with Crippen LogP contribution in [0.25, 0.3) is 11.5 Å². The summed E-state index contributed by atoms with van der Waals surface area (Å²) in [6.45, 7) is 5.83. The first-order valence-electron chi connectivity index (χ1n) is 7.05. The molecule has 118 valence electrons. The average molecular weight is 313 g/mol. The first-order chi connectivity index (χ1) is 11.0. The van der Waals surface area contributed by atoms with Gasteiger partial charge in [-0.2, -0.15) is 5.10 Å². The lowest BCUT2D eigenvalue weighted by atomic mass is 10.1. The molecule has 2 aromatic heterocycles. The highest BCUT2D eigenvalue weighted by molar-refractivity contribution is 5.55. The third-order valence-corrected chi connectivity index (χ3v) is 3.75. The largest absolute Gasteiger partial charge is 0.418 e. The molecule has 3 rings (SSSR count). The third kappa shape index (κ3) is 2.83. The Morgan fingerprint density at radius 3 is 2.70 bits per heavy atom. The van der Waals surface area contributed by atoms with Crippen LogP contribution in [0.15, 0.2) is 35.0 Å². The Balaban J connectivity index is 1.88. The molecule has 0 amide bonds. The van der Waals surface area contributed by atoms with Gasteiger partial charge in [0.2, 0.25) is 11.8 Å². The molecule has 0 radical (unpaired) electrons. The van der Waals surface area contributed by atoms with Crippen molar-refractivity contribution in [1.29, 1.82) is 0 Å². The molecule has 1 atom stereocenters.